The van der Waals surface area contributed by atoms with Gasteiger partial charge in [0.1, 0.15) is 5.70 Å². The van der Waals surface area contributed by atoms with Gasteiger partial charge in [-0.3, -0.25) is 24.5 Å². The van der Waals surface area contributed by atoms with Crippen LogP contribution in [0, 0.1) is 10.1 Å². The van der Waals surface area contributed by atoms with Crippen LogP contribution in [0.1, 0.15) is 29.3 Å². The average Bonchev–Trinajstić information content (AvgIpc) is 3.57. The second-order valence-corrected chi connectivity index (χ2v) is 13.4. The highest BCUT2D eigenvalue weighted by Gasteiger charge is 2.21. The number of nitrogens with zero attached hydrogens (tertiary/aromatic N) is 2. The van der Waals surface area contributed by atoms with Gasteiger partial charge in [0.2, 0.25) is 5.91 Å². The van der Waals surface area contributed by atoms with E-state index in [4.69, 9.17) is 23.2 Å². The summed E-state index contributed by atoms with van der Waals surface area (Å²) in [5.74, 6) is -1.34. The van der Waals surface area contributed by atoms with E-state index in [1.54, 1.807) is 78.2 Å². The van der Waals surface area contributed by atoms with E-state index in [9.17, 15) is 24.5 Å². The number of non-ortho nitro benzene ring substituents is 1. The summed E-state index contributed by atoms with van der Waals surface area (Å²) in [6.45, 7) is 1.88. The van der Waals surface area contributed by atoms with Crippen molar-refractivity contribution >= 4 is 86.6 Å². The Labute approximate surface area is 299 Å². The summed E-state index contributed by atoms with van der Waals surface area (Å²) in [7, 11) is 0. The maximum absolute atomic E-state index is 13.5. The van der Waals surface area contributed by atoms with E-state index in [1.165, 1.54) is 47.4 Å². The highest BCUT2D eigenvalue weighted by atomic mass is 35.5. The fraction of sp³-hybridized carbons (Fsp3) is 0.0857. The third-order valence-corrected chi connectivity index (χ3v) is 9.59. The lowest BCUT2D eigenvalue weighted by atomic mass is 10.1. The van der Waals surface area contributed by atoms with Crippen LogP contribution in [0.4, 0.5) is 16.5 Å². The third kappa shape index (κ3) is 9.55. The maximum atomic E-state index is 13.5. The smallest absolute Gasteiger partial charge is 0.272 e. The Morgan fingerprint density at radius 1 is 0.959 bits per heavy atom. The molecule has 0 aliphatic carbocycles. The van der Waals surface area contributed by atoms with Gasteiger partial charge in [-0.1, -0.05) is 72.6 Å². The number of benzene rings is 4. The summed E-state index contributed by atoms with van der Waals surface area (Å²) in [5, 5.41) is 21.8. The van der Waals surface area contributed by atoms with Crippen molar-refractivity contribution in [2.45, 2.75) is 23.5 Å². The number of nitro groups is 1. The van der Waals surface area contributed by atoms with E-state index < -0.39 is 22.0 Å². The van der Waals surface area contributed by atoms with Gasteiger partial charge in [-0.15, -0.1) is 23.1 Å². The molecule has 5 aromatic rings. The molecule has 0 saturated heterocycles. The quantitative estimate of drug-likeness (QED) is 0.0503. The van der Waals surface area contributed by atoms with Crippen molar-refractivity contribution < 1.29 is 19.3 Å². The van der Waals surface area contributed by atoms with Crippen molar-refractivity contribution in [3.05, 3.63) is 139 Å². The first-order valence-corrected chi connectivity index (χ1v) is 17.2. The fourth-order valence-corrected chi connectivity index (χ4v) is 6.68. The average molecular weight is 733 g/mol. The first kappa shape index (κ1) is 35.3. The maximum Gasteiger partial charge on any atom is 0.272 e. The highest BCUT2D eigenvalue weighted by molar-refractivity contribution is 8.00. The van der Waals surface area contributed by atoms with Gasteiger partial charge in [0.25, 0.3) is 17.5 Å². The molecule has 1 heterocycles. The molecular formula is C35H27Cl2N5O5S2. The molecule has 1 unspecified atom stereocenters. The number of nitro benzene ring substituents is 1. The van der Waals surface area contributed by atoms with Gasteiger partial charge >= 0.3 is 0 Å². The number of anilines is 2. The molecule has 0 saturated carbocycles. The Hall–Kier alpha value is -5.01. The topological polar surface area (TPSA) is 143 Å². The Morgan fingerprint density at radius 2 is 1.73 bits per heavy atom. The summed E-state index contributed by atoms with van der Waals surface area (Å²) >= 11 is 14.9. The summed E-state index contributed by atoms with van der Waals surface area (Å²) in [4.78, 5) is 55.6. The Bertz CT molecular complexity index is 2060. The standard InChI is InChI=1S/C35H27Cl2N5O5S2/c1-2-31(34(45)41-35-40-30(20-48-35)23-10-6-12-26(16-23)42(46)47)49-27-13-7-11-25(19-27)38-33(44)29(17-22-14-15-24(36)18-28(22)37)39-32(43)21-8-4-3-5-9-21/h3-20,31H,2H2,1H3,(H,38,44)(H,39,43)(H,40,41,45)/b29-17+. The van der Waals surface area contributed by atoms with Crippen LogP contribution in [-0.2, 0) is 9.59 Å². The van der Waals surface area contributed by atoms with Gasteiger partial charge in [0.05, 0.1) is 15.9 Å². The molecule has 0 fully saturated rings. The molecule has 1 aromatic heterocycles. The van der Waals surface area contributed by atoms with Gasteiger partial charge in [-0.05, 0) is 60.5 Å². The number of halogens is 2. The molecule has 0 aliphatic rings. The van der Waals surface area contributed by atoms with Crippen molar-refractivity contribution in [1.29, 1.82) is 0 Å². The first-order valence-electron chi connectivity index (χ1n) is 14.7. The first-order chi connectivity index (χ1) is 23.6. The molecule has 0 bridgehead atoms. The number of amides is 3. The normalized spacial score (nSPS) is 11.8. The van der Waals surface area contributed by atoms with Crippen LogP contribution in [0.15, 0.2) is 113 Å². The third-order valence-electron chi connectivity index (χ3n) is 6.91. The van der Waals surface area contributed by atoms with Crippen LogP contribution in [0.5, 0.6) is 0 Å². The molecule has 49 heavy (non-hydrogen) atoms. The molecule has 3 amide bonds. The fourth-order valence-electron chi connectivity index (χ4n) is 4.48. The monoisotopic (exact) mass is 731 g/mol. The molecule has 1 atom stereocenters. The zero-order chi connectivity index (χ0) is 34.9. The number of thioether (sulfide) groups is 1. The van der Waals surface area contributed by atoms with Crippen LogP contribution in [0.2, 0.25) is 10.0 Å². The molecule has 14 heteroatoms. The minimum atomic E-state index is -0.592. The number of aromatic nitrogens is 1. The molecule has 0 radical (unpaired) electrons. The van der Waals surface area contributed by atoms with Gasteiger partial charge in [0, 0.05) is 49.3 Å². The van der Waals surface area contributed by atoms with E-state index in [0.29, 0.717) is 49.7 Å². The van der Waals surface area contributed by atoms with Crippen molar-refractivity contribution in [2.75, 3.05) is 10.6 Å². The second-order valence-electron chi connectivity index (χ2n) is 10.4. The summed E-state index contributed by atoms with van der Waals surface area (Å²) < 4.78 is 0. The zero-order valence-electron chi connectivity index (χ0n) is 25.7. The Kier molecular flexibility index (Phi) is 11.8. The summed E-state index contributed by atoms with van der Waals surface area (Å²) in [5.41, 5.74) is 2.27. The molecule has 0 spiro atoms. The second kappa shape index (κ2) is 16.4. The van der Waals surface area contributed by atoms with Gasteiger partial charge in [-0.2, -0.15) is 0 Å². The van der Waals surface area contributed by atoms with Crippen molar-refractivity contribution in [1.82, 2.24) is 10.3 Å². The van der Waals surface area contributed by atoms with Crippen LogP contribution < -0.4 is 16.0 Å². The number of carbonyl (C=O) groups excluding carboxylic acids is 3. The van der Waals surface area contributed by atoms with Crippen LogP contribution >= 0.6 is 46.3 Å². The summed E-state index contributed by atoms with van der Waals surface area (Å²) in [6.07, 6.45) is 1.96. The van der Waals surface area contributed by atoms with Crippen LogP contribution in [0.3, 0.4) is 0 Å². The molecule has 5 rings (SSSR count). The minimum absolute atomic E-state index is 0.0464. The molecule has 10 nitrogen and oxygen atoms in total. The number of hydrogen-bond donors (Lipinski definition) is 3. The largest absolute Gasteiger partial charge is 0.321 e. The van der Waals surface area contributed by atoms with E-state index >= 15 is 0 Å². The van der Waals surface area contributed by atoms with Crippen molar-refractivity contribution in [3.63, 3.8) is 0 Å². The zero-order valence-corrected chi connectivity index (χ0v) is 28.8. The number of nitrogens with one attached hydrogen (secondary N) is 3. The van der Waals surface area contributed by atoms with E-state index in [-0.39, 0.29) is 17.3 Å². The van der Waals surface area contributed by atoms with Crippen molar-refractivity contribution in [2.24, 2.45) is 0 Å². The Morgan fingerprint density at radius 3 is 2.47 bits per heavy atom. The number of rotatable bonds is 12. The molecule has 248 valence electrons. The SMILES string of the molecule is CCC(Sc1cccc(NC(=O)/C(=C\c2ccc(Cl)cc2Cl)NC(=O)c2ccccc2)c1)C(=O)Nc1nc(-c2cccc([N+](=O)[O-])c2)cs1. The molecule has 4 aromatic carbocycles. The number of hydrogen-bond acceptors (Lipinski definition) is 8. The minimum Gasteiger partial charge on any atom is -0.321 e. The molecular weight excluding hydrogens is 705 g/mol. The highest BCUT2D eigenvalue weighted by Crippen LogP contribution is 2.31. The van der Waals surface area contributed by atoms with Crippen LogP contribution in [-0.4, -0.2) is 32.9 Å². The van der Waals surface area contributed by atoms with E-state index in [1.807, 2.05) is 13.0 Å². The summed E-state index contributed by atoms with van der Waals surface area (Å²) in [6, 6.07) is 26.4. The number of thiazole rings is 1. The van der Waals surface area contributed by atoms with Crippen LogP contribution in [0.25, 0.3) is 17.3 Å². The molecule has 0 aliphatic heterocycles. The number of carbonyl (C=O) groups is 3. The lowest BCUT2D eigenvalue weighted by Gasteiger charge is -2.15. The van der Waals surface area contributed by atoms with Gasteiger partial charge in [0.15, 0.2) is 5.13 Å². The predicted molar refractivity (Wildman–Crippen MR) is 196 cm³/mol. The van der Waals surface area contributed by atoms with Gasteiger partial charge in [-0.25, -0.2) is 4.98 Å². The van der Waals surface area contributed by atoms with E-state index in [2.05, 4.69) is 20.9 Å². The lowest BCUT2D eigenvalue weighted by Crippen LogP contribution is -2.30. The van der Waals surface area contributed by atoms with Crippen molar-refractivity contribution in [3.8, 4) is 11.3 Å². The Balaban J connectivity index is 1.28. The predicted octanol–water partition coefficient (Wildman–Crippen LogP) is 8.94. The van der Waals surface area contributed by atoms with Gasteiger partial charge < -0.3 is 16.0 Å². The molecule has 3 N–H and O–H groups in total. The van der Waals surface area contributed by atoms with E-state index in [0.717, 1.165) is 4.90 Å². The lowest BCUT2D eigenvalue weighted by molar-refractivity contribution is -0.384.